The van der Waals surface area contributed by atoms with E-state index < -0.39 is 5.91 Å². The van der Waals surface area contributed by atoms with Gasteiger partial charge in [-0.1, -0.05) is 48.5 Å². The molecule has 2 amide bonds. The number of benzene rings is 2. The van der Waals surface area contributed by atoms with Crippen LogP contribution in [0.1, 0.15) is 22.7 Å². The van der Waals surface area contributed by atoms with Crippen LogP contribution < -0.4 is 5.32 Å². The average molecular weight is 413 g/mol. The number of carbonyl (C=O) groups is 2. The first-order valence-electron chi connectivity index (χ1n) is 9.83. The summed E-state index contributed by atoms with van der Waals surface area (Å²) in [6, 6.07) is 21.9. The first-order valence-corrected chi connectivity index (χ1v) is 9.83. The molecule has 0 spiro atoms. The van der Waals surface area contributed by atoms with Gasteiger partial charge in [0.2, 0.25) is 5.91 Å². The molecule has 6 heteroatoms. The Labute approximate surface area is 181 Å². The predicted octanol–water partition coefficient (Wildman–Crippen LogP) is 2.70. The van der Waals surface area contributed by atoms with Crippen LogP contribution in [-0.4, -0.2) is 39.9 Å². The molecular formula is C25H23N3O3. The highest BCUT2D eigenvalue weighted by Gasteiger charge is 2.23. The standard InChI is InChI=1S/C25H23N3O3/c1-2-25(31)28(18-24(30)27-16-21-10-6-7-15-26-21)17-23(19-8-4-3-5-9-19)20-11-13-22(29)14-12-20/h1,3-15,23,29H,16-18H2,(H,27,30). The lowest BCUT2D eigenvalue weighted by Gasteiger charge is -2.26. The first-order chi connectivity index (χ1) is 15.1. The highest BCUT2D eigenvalue weighted by molar-refractivity contribution is 5.95. The molecule has 3 aromatic rings. The molecule has 1 atom stereocenters. The summed E-state index contributed by atoms with van der Waals surface area (Å²) in [4.78, 5) is 30.5. The van der Waals surface area contributed by atoms with Crippen molar-refractivity contribution < 1.29 is 14.7 Å². The van der Waals surface area contributed by atoms with Gasteiger partial charge >= 0.3 is 0 Å². The monoisotopic (exact) mass is 413 g/mol. The van der Waals surface area contributed by atoms with E-state index in [-0.39, 0.29) is 37.2 Å². The summed E-state index contributed by atoms with van der Waals surface area (Å²) in [5, 5.41) is 12.4. The normalized spacial score (nSPS) is 11.2. The zero-order valence-corrected chi connectivity index (χ0v) is 16.9. The second kappa shape index (κ2) is 10.6. The van der Waals surface area contributed by atoms with Gasteiger partial charge in [0, 0.05) is 18.7 Å². The Morgan fingerprint density at radius 2 is 1.68 bits per heavy atom. The van der Waals surface area contributed by atoms with Gasteiger partial charge in [-0.05, 0) is 41.3 Å². The lowest BCUT2D eigenvalue weighted by Crippen LogP contribution is -2.42. The van der Waals surface area contributed by atoms with Crippen LogP contribution in [0.3, 0.4) is 0 Å². The fourth-order valence-corrected chi connectivity index (χ4v) is 3.25. The molecule has 1 heterocycles. The van der Waals surface area contributed by atoms with Crippen LogP contribution in [0, 0.1) is 12.3 Å². The van der Waals surface area contributed by atoms with Crippen LogP contribution in [0.2, 0.25) is 0 Å². The van der Waals surface area contributed by atoms with Crippen LogP contribution in [0.15, 0.2) is 79.0 Å². The summed E-state index contributed by atoms with van der Waals surface area (Å²) >= 11 is 0. The smallest absolute Gasteiger partial charge is 0.298 e. The van der Waals surface area contributed by atoms with Crippen LogP contribution in [-0.2, 0) is 16.1 Å². The summed E-state index contributed by atoms with van der Waals surface area (Å²) in [6.07, 6.45) is 7.02. The van der Waals surface area contributed by atoms with E-state index in [4.69, 9.17) is 6.42 Å². The summed E-state index contributed by atoms with van der Waals surface area (Å²) in [5.41, 5.74) is 2.58. The minimum absolute atomic E-state index is 0.154. The Bertz CT molecular complexity index is 1040. The van der Waals surface area contributed by atoms with Gasteiger partial charge in [0.25, 0.3) is 5.91 Å². The highest BCUT2D eigenvalue weighted by Crippen LogP contribution is 2.27. The van der Waals surface area contributed by atoms with E-state index >= 15 is 0 Å². The molecule has 2 N–H and O–H groups in total. The third kappa shape index (κ3) is 6.18. The number of hydrogen-bond acceptors (Lipinski definition) is 4. The van der Waals surface area contributed by atoms with Gasteiger partial charge in [-0.3, -0.25) is 14.6 Å². The van der Waals surface area contributed by atoms with E-state index in [0.29, 0.717) is 0 Å². The average Bonchev–Trinajstić information content (AvgIpc) is 2.82. The Morgan fingerprint density at radius 3 is 2.32 bits per heavy atom. The van der Waals surface area contributed by atoms with Crippen molar-refractivity contribution >= 4 is 11.8 Å². The van der Waals surface area contributed by atoms with E-state index in [1.807, 2.05) is 36.4 Å². The van der Waals surface area contributed by atoms with E-state index in [1.165, 1.54) is 4.90 Å². The molecule has 0 aliphatic rings. The van der Waals surface area contributed by atoms with Crippen LogP contribution >= 0.6 is 0 Å². The Hall–Kier alpha value is -4.11. The zero-order valence-electron chi connectivity index (χ0n) is 16.9. The largest absolute Gasteiger partial charge is 0.508 e. The van der Waals surface area contributed by atoms with Crippen molar-refractivity contribution in [1.82, 2.24) is 15.2 Å². The Kier molecular flexibility index (Phi) is 7.39. The summed E-state index contributed by atoms with van der Waals surface area (Å²) < 4.78 is 0. The lowest BCUT2D eigenvalue weighted by molar-refractivity contribution is -0.132. The third-order valence-electron chi connectivity index (χ3n) is 4.84. The number of terminal acetylenes is 1. The molecular weight excluding hydrogens is 390 g/mol. The molecule has 1 unspecified atom stereocenters. The van der Waals surface area contributed by atoms with E-state index in [0.717, 1.165) is 16.8 Å². The van der Waals surface area contributed by atoms with Crippen LogP contribution in [0.25, 0.3) is 0 Å². The molecule has 0 bridgehead atoms. The van der Waals surface area contributed by atoms with Gasteiger partial charge < -0.3 is 15.3 Å². The van der Waals surface area contributed by atoms with E-state index in [2.05, 4.69) is 16.2 Å². The van der Waals surface area contributed by atoms with Crippen LogP contribution in [0.4, 0.5) is 0 Å². The maximum absolute atomic E-state index is 12.5. The molecule has 0 aliphatic carbocycles. The number of nitrogens with one attached hydrogen (secondary N) is 1. The lowest BCUT2D eigenvalue weighted by atomic mass is 9.90. The van der Waals surface area contributed by atoms with Crippen molar-refractivity contribution in [2.75, 3.05) is 13.1 Å². The molecule has 0 radical (unpaired) electrons. The maximum Gasteiger partial charge on any atom is 0.298 e. The number of hydrogen-bond donors (Lipinski definition) is 2. The molecule has 0 saturated heterocycles. The predicted molar refractivity (Wildman–Crippen MR) is 118 cm³/mol. The first kappa shape index (κ1) is 21.6. The van der Waals surface area contributed by atoms with Crippen molar-refractivity contribution in [2.45, 2.75) is 12.5 Å². The molecule has 156 valence electrons. The van der Waals surface area contributed by atoms with Crippen molar-refractivity contribution in [1.29, 1.82) is 0 Å². The summed E-state index contributed by atoms with van der Waals surface area (Å²) in [7, 11) is 0. The SMILES string of the molecule is C#CC(=O)N(CC(=O)NCc1ccccn1)CC(c1ccccc1)c1ccc(O)cc1. The summed E-state index contributed by atoms with van der Waals surface area (Å²) in [5.74, 6) is 1.16. The number of nitrogens with zero attached hydrogens (tertiary/aromatic N) is 2. The third-order valence-corrected chi connectivity index (χ3v) is 4.84. The number of pyridine rings is 1. The van der Waals surface area contributed by atoms with Crippen molar-refractivity contribution in [3.05, 3.63) is 95.8 Å². The number of aromatic nitrogens is 1. The van der Waals surface area contributed by atoms with E-state index in [1.54, 1.807) is 42.6 Å². The van der Waals surface area contributed by atoms with Gasteiger partial charge in [0.05, 0.1) is 12.2 Å². The van der Waals surface area contributed by atoms with Crippen molar-refractivity contribution in [2.24, 2.45) is 0 Å². The number of amides is 2. The Balaban J connectivity index is 1.77. The molecule has 31 heavy (non-hydrogen) atoms. The fraction of sp³-hybridized carbons (Fsp3) is 0.160. The quantitative estimate of drug-likeness (QED) is 0.557. The topological polar surface area (TPSA) is 82.5 Å². The van der Waals surface area contributed by atoms with Crippen molar-refractivity contribution in [3.8, 4) is 18.1 Å². The zero-order chi connectivity index (χ0) is 22.1. The summed E-state index contributed by atoms with van der Waals surface area (Å²) in [6.45, 7) is 0.309. The molecule has 0 saturated carbocycles. The number of rotatable bonds is 8. The fourth-order valence-electron chi connectivity index (χ4n) is 3.25. The second-order valence-corrected chi connectivity index (χ2v) is 6.98. The van der Waals surface area contributed by atoms with Gasteiger partial charge in [-0.2, -0.15) is 0 Å². The minimum Gasteiger partial charge on any atom is -0.508 e. The molecule has 1 aromatic heterocycles. The minimum atomic E-state index is -0.562. The Morgan fingerprint density at radius 1 is 1.00 bits per heavy atom. The molecule has 2 aromatic carbocycles. The maximum atomic E-state index is 12.5. The van der Waals surface area contributed by atoms with E-state index in [9.17, 15) is 14.7 Å². The van der Waals surface area contributed by atoms with Crippen molar-refractivity contribution in [3.63, 3.8) is 0 Å². The molecule has 0 aliphatic heterocycles. The van der Waals surface area contributed by atoms with Gasteiger partial charge in [-0.25, -0.2) is 0 Å². The van der Waals surface area contributed by atoms with Crippen LogP contribution in [0.5, 0.6) is 5.75 Å². The molecule has 6 nitrogen and oxygen atoms in total. The molecule has 0 fully saturated rings. The van der Waals surface area contributed by atoms with Gasteiger partial charge in [-0.15, -0.1) is 6.42 Å². The number of phenolic OH excluding ortho intramolecular Hbond substituents is 1. The van der Waals surface area contributed by atoms with Gasteiger partial charge in [0.1, 0.15) is 12.3 Å². The number of aromatic hydroxyl groups is 1. The molecule has 3 rings (SSSR count). The number of phenols is 1. The highest BCUT2D eigenvalue weighted by atomic mass is 16.3. The second-order valence-electron chi connectivity index (χ2n) is 6.98. The number of carbonyl (C=O) groups excluding carboxylic acids is 2. The van der Waals surface area contributed by atoms with Gasteiger partial charge in [0.15, 0.2) is 0 Å².